The molecule has 6 aromatic rings. The first-order valence-corrected chi connectivity index (χ1v) is 16.5. The summed E-state index contributed by atoms with van der Waals surface area (Å²) in [5.41, 5.74) is 7.22. The fraction of sp³-hybridized carbons (Fsp3) is 0.136. The zero-order valence-electron chi connectivity index (χ0n) is 28.1. The Balaban J connectivity index is 1.65. The van der Waals surface area contributed by atoms with Crippen LogP contribution in [0.4, 0.5) is 0 Å². The second-order valence-corrected chi connectivity index (χ2v) is 12.2. The molecule has 0 unspecified atom stereocenters. The average Bonchev–Trinajstić information content (AvgIpc) is 3.12. The molecule has 0 saturated carbocycles. The molecule has 0 spiro atoms. The number of esters is 2. The summed E-state index contributed by atoms with van der Waals surface area (Å²) in [4.78, 5) is 27.2. The summed E-state index contributed by atoms with van der Waals surface area (Å²) >= 11 is 0. The van der Waals surface area contributed by atoms with Gasteiger partial charge in [0.05, 0.1) is 23.3 Å². The first-order chi connectivity index (χ1) is 23.8. The molecule has 0 radical (unpaired) electrons. The predicted octanol–water partition coefficient (Wildman–Crippen LogP) is 11.3. The third-order valence-corrected chi connectivity index (χ3v) is 7.93. The molecule has 0 N–H and O–H groups in total. The van der Waals surface area contributed by atoms with Gasteiger partial charge in [-0.2, -0.15) is 0 Å². The Bertz CT molecular complexity index is 1900. The van der Waals surface area contributed by atoms with Gasteiger partial charge in [0, 0.05) is 22.3 Å². The maximum absolute atomic E-state index is 13.6. The summed E-state index contributed by atoms with van der Waals surface area (Å²) in [5.74, 6) is 0.253. The van der Waals surface area contributed by atoms with E-state index in [0.29, 0.717) is 33.8 Å². The van der Waals surface area contributed by atoms with E-state index in [2.05, 4.69) is 0 Å². The molecule has 5 nitrogen and oxygen atoms in total. The summed E-state index contributed by atoms with van der Waals surface area (Å²) < 4.78 is 18.5. The fourth-order valence-electron chi connectivity index (χ4n) is 5.94. The zero-order valence-corrected chi connectivity index (χ0v) is 28.1. The van der Waals surface area contributed by atoms with Gasteiger partial charge in [0.1, 0.15) is 11.5 Å². The highest BCUT2D eigenvalue weighted by Gasteiger charge is 2.27. The van der Waals surface area contributed by atoms with Crippen LogP contribution in [0.5, 0.6) is 11.5 Å². The molecule has 0 aliphatic carbocycles. The van der Waals surface area contributed by atoms with Crippen molar-refractivity contribution in [2.75, 3.05) is 0 Å². The van der Waals surface area contributed by atoms with E-state index >= 15 is 0 Å². The van der Waals surface area contributed by atoms with Crippen molar-refractivity contribution in [1.82, 2.24) is 0 Å². The van der Waals surface area contributed by atoms with Crippen molar-refractivity contribution < 1.29 is 23.8 Å². The molecule has 0 saturated heterocycles. The van der Waals surface area contributed by atoms with Gasteiger partial charge >= 0.3 is 11.9 Å². The number of hydrogen-bond acceptors (Lipinski definition) is 5. The Labute approximate surface area is 287 Å². The molecule has 0 fully saturated rings. The minimum Gasteiger partial charge on any atom is -0.459 e. The third-order valence-electron chi connectivity index (χ3n) is 7.93. The molecule has 0 aliphatic heterocycles. The minimum absolute atomic E-state index is 0.294. The SMILES string of the molecule is CC(C)OC(=O)c1ccc(Oc2ccc(C(=O)OC(C)C)c(-c3ccccc3)c2-c2ccccc2)c(-c2ccccc2)c1-c1ccccc1. The van der Waals surface area contributed by atoms with E-state index in [1.807, 2.05) is 161 Å². The van der Waals surface area contributed by atoms with Crippen LogP contribution in [0.2, 0.25) is 0 Å². The number of rotatable bonds is 10. The Morgan fingerprint density at radius 2 is 0.673 bits per heavy atom. The number of carbonyl (C=O) groups is 2. The Kier molecular flexibility index (Phi) is 10.0. The van der Waals surface area contributed by atoms with E-state index in [4.69, 9.17) is 14.2 Å². The van der Waals surface area contributed by atoms with Gasteiger partial charge in [-0.05, 0) is 74.2 Å². The minimum atomic E-state index is -0.415. The van der Waals surface area contributed by atoms with E-state index in [0.717, 1.165) is 33.4 Å². The van der Waals surface area contributed by atoms with Gasteiger partial charge in [0.15, 0.2) is 0 Å². The fourth-order valence-corrected chi connectivity index (χ4v) is 5.94. The van der Waals surface area contributed by atoms with Gasteiger partial charge < -0.3 is 14.2 Å². The molecule has 0 bridgehead atoms. The summed E-state index contributed by atoms with van der Waals surface area (Å²) in [7, 11) is 0. The van der Waals surface area contributed by atoms with Crippen molar-refractivity contribution in [3.63, 3.8) is 0 Å². The molecule has 244 valence electrons. The van der Waals surface area contributed by atoms with E-state index in [1.165, 1.54) is 0 Å². The Morgan fingerprint density at radius 3 is 0.959 bits per heavy atom. The highest BCUT2D eigenvalue weighted by atomic mass is 16.5. The number of benzene rings is 6. The van der Waals surface area contributed by atoms with Crippen molar-refractivity contribution in [2.45, 2.75) is 39.9 Å². The van der Waals surface area contributed by atoms with Crippen molar-refractivity contribution in [1.29, 1.82) is 0 Å². The molecule has 0 aromatic heterocycles. The highest BCUT2D eigenvalue weighted by Crippen LogP contribution is 2.48. The topological polar surface area (TPSA) is 61.8 Å². The smallest absolute Gasteiger partial charge is 0.339 e. The van der Waals surface area contributed by atoms with Gasteiger partial charge in [0.25, 0.3) is 0 Å². The van der Waals surface area contributed by atoms with Crippen LogP contribution in [0.15, 0.2) is 146 Å². The first kappa shape index (κ1) is 33.0. The van der Waals surface area contributed by atoms with Gasteiger partial charge in [-0.25, -0.2) is 9.59 Å². The average molecular weight is 647 g/mol. The van der Waals surface area contributed by atoms with Gasteiger partial charge in [-0.15, -0.1) is 0 Å². The number of carbonyl (C=O) groups excluding carboxylic acids is 2. The van der Waals surface area contributed by atoms with Crippen LogP contribution < -0.4 is 4.74 Å². The molecule has 6 rings (SSSR count). The van der Waals surface area contributed by atoms with E-state index < -0.39 is 11.9 Å². The maximum Gasteiger partial charge on any atom is 0.339 e. The van der Waals surface area contributed by atoms with Crippen LogP contribution in [0.1, 0.15) is 48.4 Å². The normalized spacial score (nSPS) is 11.0. The van der Waals surface area contributed by atoms with E-state index in [1.54, 1.807) is 12.1 Å². The lowest BCUT2D eigenvalue weighted by Crippen LogP contribution is -2.14. The Morgan fingerprint density at radius 1 is 0.388 bits per heavy atom. The summed E-state index contributed by atoms with van der Waals surface area (Å²) in [5, 5.41) is 0. The van der Waals surface area contributed by atoms with Crippen molar-refractivity contribution in [3.05, 3.63) is 157 Å². The lowest BCUT2D eigenvalue weighted by molar-refractivity contribution is 0.0368. The maximum atomic E-state index is 13.6. The summed E-state index contributed by atoms with van der Waals surface area (Å²) in [6.45, 7) is 7.36. The molecule has 0 aliphatic rings. The molecular formula is C44H38O5. The van der Waals surface area contributed by atoms with Crippen molar-refractivity contribution in [3.8, 4) is 56.0 Å². The second-order valence-electron chi connectivity index (χ2n) is 12.2. The first-order valence-electron chi connectivity index (χ1n) is 16.5. The second kappa shape index (κ2) is 14.9. The number of hydrogen-bond donors (Lipinski definition) is 0. The lowest BCUT2D eigenvalue weighted by Gasteiger charge is -2.23. The van der Waals surface area contributed by atoms with E-state index in [9.17, 15) is 9.59 Å². The van der Waals surface area contributed by atoms with E-state index in [-0.39, 0.29) is 12.2 Å². The van der Waals surface area contributed by atoms with Crippen LogP contribution in [0.25, 0.3) is 44.5 Å². The molecule has 0 amide bonds. The largest absolute Gasteiger partial charge is 0.459 e. The predicted molar refractivity (Wildman–Crippen MR) is 196 cm³/mol. The van der Waals surface area contributed by atoms with Crippen molar-refractivity contribution >= 4 is 11.9 Å². The van der Waals surface area contributed by atoms with Crippen LogP contribution in [0, 0.1) is 0 Å². The standard InChI is InChI=1S/C44H38O5/c1-29(2)47-43(45)35-25-27-37(41(33-21-13-7-14-22-33)39(35)31-17-9-5-10-18-31)49-38-28-26-36(44(46)48-30(3)4)40(32-19-11-6-12-20-32)42(38)34-23-15-8-16-24-34/h5-30H,1-4H3. The molecule has 0 atom stereocenters. The summed E-state index contributed by atoms with van der Waals surface area (Å²) in [6, 6.07) is 46.6. The van der Waals surface area contributed by atoms with Gasteiger partial charge in [-0.1, -0.05) is 121 Å². The highest BCUT2D eigenvalue weighted by molar-refractivity contribution is 6.05. The summed E-state index contributed by atoms with van der Waals surface area (Å²) in [6.07, 6.45) is -0.587. The quantitative estimate of drug-likeness (QED) is 0.139. The lowest BCUT2D eigenvalue weighted by atomic mass is 9.88. The molecular weight excluding hydrogens is 608 g/mol. The van der Waals surface area contributed by atoms with Gasteiger partial charge in [-0.3, -0.25) is 0 Å². The molecule has 5 heteroatoms. The monoisotopic (exact) mass is 646 g/mol. The van der Waals surface area contributed by atoms with Gasteiger partial charge in [0.2, 0.25) is 0 Å². The number of ether oxygens (including phenoxy) is 3. The third kappa shape index (κ3) is 7.31. The molecule has 0 heterocycles. The van der Waals surface area contributed by atoms with Crippen LogP contribution >= 0.6 is 0 Å². The van der Waals surface area contributed by atoms with Crippen LogP contribution in [0.3, 0.4) is 0 Å². The van der Waals surface area contributed by atoms with Crippen LogP contribution in [-0.4, -0.2) is 24.1 Å². The van der Waals surface area contributed by atoms with Crippen molar-refractivity contribution in [2.24, 2.45) is 0 Å². The zero-order chi connectivity index (χ0) is 34.3. The molecule has 49 heavy (non-hydrogen) atoms. The van der Waals surface area contributed by atoms with Crippen LogP contribution in [-0.2, 0) is 9.47 Å². The molecule has 6 aromatic carbocycles. The Hall–Kier alpha value is -5.94.